The second-order valence-corrected chi connectivity index (χ2v) is 4.30. The first kappa shape index (κ1) is 13.4. The smallest absolute Gasteiger partial charge is 0.161 e. The van der Waals surface area contributed by atoms with E-state index in [-0.39, 0.29) is 0 Å². The summed E-state index contributed by atoms with van der Waals surface area (Å²) >= 11 is 0. The zero-order valence-corrected chi connectivity index (χ0v) is 11.1. The summed E-state index contributed by atoms with van der Waals surface area (Å²) in [7, 11) is 1.65. The van der Waals surface area contributed by atoms with E-state index >= 15 is 0 Å². The second kappa shape index (κ2) is 6.81. The minimum absolute atomic E-state index is 0.535. The highest BCUT2D eigenvalue weighted by Crippen LogP contribution is 2.28. The molecule has 0 aromatic heterocycles. The van der Waals surface area contributed by atoms with E-state index in [0.29, 0.717) is 13.2 Å². The summed E-state index contributed by atoms with van der Waals surface area (Å²) < 4.78 is 11.1. The van der Waals surface area contributed by atoms with Gasteiger partial charge in [0.1, 0.15) is 6.61 Å². The molecule has 0 aliphatic heterocycles. The van der Waals surface area contributed by atoms with Crippen LogP contribution < -0.4 is 15.2 Å². The van der Waals surface area contributed by atoms with Crippen LogP contribution in [-0.4, -0.2) is 13.7 Å². The summed E-state index contributed by atoms with van der Waals surface area (Å²) in [5.74, 6) is 1.51. The molecule has 0 radical (unpaired) electrons. The number of benzene rings is 2. The lowest BCUT2D eigenvalue weighted by atomic mass is 10.2. The maximum atomic E-state index is 5.79. The van der Waals surface area contributed by atoms with Crippen LogP contribution in [0.4, 0.5) is 0 Å². The minimum Gasteiger partial charge on any atom is -0.493 e. The van der Waals surface area contributed by atoms with Gasteiger partial charge in [0.2, 0.25) is 0 Å². The first-order valence-corrected chi connectivity index (χ1v) is 6.37. The Kier molecular flexibility index (Phi) is 4.81. The van der Waals surface area contributed by atoms with Crippen molar-refractivity contribution in [2.75, 3.05) is 13.7 Å². The van der Waals surface area contributed by atoms with Crippen LogP contribution in [0.1, 0.15) is 11.1 Å². The van der Waals surface area contributed by atoms with Crippen LogP contribution in [-0.2, 0) is 13.0 Å². The molecule has 2 aromatic rings. The Morgan fingerprint density at radius 1 is 1.00 bits per heavy atom. The summed E-state index contributed by atoms with van der Waals surface area (Å²) in [5.41, 5.74) is 7.85. The SMILES string of the molecule is COc1cc(C[14CH2]N)ccc1OCc1ccccc1. The molecule has 100 valence electrons. The molecule has 2 aromatic carbocycles. The monoisotopic (exact) mass is 259 g/mol. The predicted octanol–water partition coefficient (Wildman–Crippen LogP) is 2.78. The second-order valence-electron chi connectivity index (χ2n) is 4.30. The number of hydrogen-bond donors (Lipinski definition) is 1. The van der Waals surface area contributed by atoms with Crippen LogP contribution >= 0.6 is 0 Å². The van der Waals surface area contributed by atoms with Crippen molar-refractivity contribution in [1.29, 1.82) is 0 Å². The molecule has 2 N–H and O–H groups in total. The van der Waals surface area contributed by atoms with Gasteiger partial charge in [-0.3, -0.25) is 0 Å². The molecule has 0 heterocycles. The van der Waals surface area contributed by atoms with Gasteiger partial charge in [0.15, 0.2) is 11.5 Å². The number of rotatable bonds is 6. The molecule has 0 aliphatic carbocycles. The Balaban J connectivity index is 2.07. The molecular formula is C16H19NO2. The lowest BCUT2D eigenvalue weighted by molar-refractivity contribution is 0.284. The van der Waals surface area contributed by atoms with Gasteiger partial charge in [0.05, 0.1) is 7.11 Å². The molecule has 0 aliphatic rings. The van der Waals surface area contributed by atoms with E-state index in [4.69, 9.17) is 15.2 Å². The van der Waals surface area contributed by atoms with Crippen molar-refractivity contribution in [2.45, 2.75) is 13.0 Å². The predicted molar refractivity (Wildman–Crippen MR) is 76.5 cm³/mol. The van der Waals surface area contributed by atoms with E-state index < -0.39 is 0 Å². The van der Waals surface area contributed by atoms with Gasteiger partial charge < -0.3 is 15.2 Å². The molecule has 3 nitrogen and oxygen atoms in total. The van der Waals surface area contributed by atoms with E-state index in [1.165, 1.54) is 0 Å². The quantitative estimate of drug-likeness (QED) is 0.867. The first-order valence-electron chi connectivity index (χ1n) is 6.37. The molecule has 0 bridgehead atoms. The Morgan fingerprint density at radius 3 is 2.47 bits per heavy atom. The fourth-order valence-corrected chi connectivity index (χ4v) is 1.89. The maximum absolute atomic E-state index is 5.79. The molecule has 0 atom stereocenters. The summed E-state index contributed by atoms with van der Waals surface area (Å²) in [6.07, 6.45) is 0.843. The molecule has 2 rings (SSSR count). The summed E-state index contributed by atoms with van der Waals surface area (Å²) in [6.45, 7) is 1.17. The van der Waals surface area contributed by atoms with Gasteiger partial charge in [-0.2, -0.15) is 0 Å². The molecule has 0 amide bonds. The highest BCUT2D eigenvalue weighted by atomic mass is 16.5. The van der Waals surface area contributed by atoms with E-state index in [2.05, 4.69) is 0 Å². The van der Waals surface area contributed by atoms with Crippen LogP contribution in [0, 0.1) is 0 Å². The average Bonchev–Trinajstić information content (AvgIpc) is 2.47. The van der Waals surface area contributed by atoms with Crippen LogP contribution in [0.2, 0.25) is 0 Å². The van der Waals surface area contributed by atoms with Gasteiger partial charge in [-0.05, 0) is 36.2 Å². The Morgan fingerprint density at radius 2 is 1.79 bits per heavy atom. The van der Waals surface area contributed by atoms with Crippen molar-refractivity contribution >= 4 is 0 Å². The van der Waals surface area contributed by atoms with Crippen molar-refractivity contribution < 1.29 is 9.47 Å². The van der Waals surface area contributed by atoms with Crippen molar-refractivity contribution in [3.05, 3.63) is 59.7 Å². The van der Waals surface area contributed by atoms with E-state index in [1.807, 2.05) is 48.5 Å². The van der Waals surface area contributed by atoms with Gasteiger partial charge in [-0.1, -0.05) is 36.4 Å². The Bertz CT molecular complexity index is 511. The van der Waals surface area contributed by atoms with Gasteiger partial charge in [0, 0.05) is 0 Å². The van der Waals surface area contributed by atoms with Crippen molar-refractivity contribution in [3.63, 3.8) is 0 Å². The molecule has 0 fully saturated rings. The van der Waals surface area contributed by atoms with Crippen LogP contribution in [0.25, 0.3) is 0 Å². The third-order valence-electron chi connectivity index (χ3n) is 2.90. The van der Waals surface area contributed by atoms with Gasteiger partial charge in [0.25, 0.3) is 0 Å². The molecule has 19 heavy (non-hydrogen) atoms. The van der Waals surface area contributed by atoms with Crippen molar-refractivity contribution in [2.24, 2.45) is 5.73 Å². The normalized spacial score (nSPS) is 10.2. The van der Waals surface area contributed by atoms with E-state index in [1.54, 1.807) is 7.11 Å². The topological polar surface area (TPSA) is 44.5 Å². The number of ether oxygens (including phenoxy) is 2. The largest absolute Gasteiger partial charge is 0.493 e. The van der Waals surface area contributed by atoms with Gasteiger partial charge in [-0.15, -0.1) is 0 Å². The first-order chi connectivity index (χ1) is 9.33. The van der Waals surface area contributed by atoms with Crippen LogP contribution in [0.3, 0.4) is 0 Å². The lowest BCUT2D eigenvalue weighted by Gasteiger charge is -2.12. The van der Waals surface area contributed by atoms with Crippen LogP contribution in [0.15, 0.2) is 48.5 Å². The van der Waals surface area contributed by atoms with Gasteiger partial charge in [-0.25, -0.2) is 0 Å². The summed E-state index contributed by atoms with van der Waals surface area (Å²) in [4.78, 5) is 0. The molecule has 0 spiro atoms. The lowest BCUT2D eigenvalue weighted by Crippen LogP contribution is -2.03. The molecule has 0 saturated carbocycles. The zero-order chi connectivity index (χ0) is 13.5. The fraction of sp³-hybridized carbons (Fsp3) is 0.250. The standard InChI is InChI=1S/C16H19NO2/c1-18-16-11-13(9-10-17)7-8-15(16)19-12-14-5-3-2-4-6-14/h2-8,11H,9-10,12,17H2,1H3/i10+2. The third kappa shape index (κ3) is 3.73. The fourth-order valence-electron chi connectivity index (χ4n) is 1.89. The summed E-state index contributed by atoms with van der Waals surface area (Å²) in [6, 6.07) is 16.0. The zero-order valence-electron chi connectivity index (χ0n) is 11.1. The highest BCUT2D eigenvalue weighted by molar-refractivity contribution is 5.43. The minimum atomic E-state index is 0.535. The molecule has 0 saturated heterocycles. The van der Waals surface area contributed by atoms with E-state index in [0.717, 1.165) is 29.0 Å². The van der Waals surface area contributed by atoms with Crippen LogP contribution in [0.5, 0.6) is 11.5 Å². The third-order valence-corrected chi connectivity index (χ3v) is 2.90. The summed E-state index contributed by atoms with van der Waals surface area (Å²) in [5, 5.41) is 0. The van der Waals surface area contributed by atoms with Crippen molar-refractivity contribution in [1.82, 2.24) is 0 Å². The van der Waals surface area contributed by atoms with Gasteiger partial charge >= 0.3 is 0 Å². The highest BCUT2D eigenvalue weighted by Gasteiger charge is 2.05. The maximum Gasteiger partial charge on any atom is 0.161 e. The number of methoxy groups -OCH3 is 1. The molecule has 0 unspecified atom stereocenters. The number of nitrogens with two attached hydrogens (primary N) is 1. The number of hydrogen-bond acceptors (Lipinski definition) is 3. The Labute approximate surface area is 114 Å². The van der Waals surface area contributed by atoms with E-state index in [9.17, 15) is 0 Å². The van der Waals surface area contributed by atoms with Crippen molar-refractivity contribution in [3.8, 4) is 11.5 Å². The average molecular weight is 259 g/mol. The molecule has 3 heteroatoms. The molecular weight excluding hydrogens is 240 g/mol. The Hall–Kier alpha value is -2.00.